The predicted molar refractivity (Wildman–Crippen MR) is 130 cm³/mol. The average Bonchev–Trinajstić information content (AvgIpc) is 3.13. The van der Waals surface area contributed by atoms with Gasteiger partial charge >= 0.3 is 0 Å². The number of nitrogens with one attached hydrogen (secondary N) is 3. The first-order valence-electron chi connectivity index (χ1n) is 11.5. The van der Waals surface area contributed by atoms with Crippen molar-refractivity contribution in [1.29, 1.82) is 0 Å². The van der Waals surface area contributed by atoms with Crippen molar-refractivity contribution in [2.75, 3.05) is 17.2 Å². The van der Waals surface area contributed by atoms with Gasteiger partial charge in [0.25, 0.3) is 0 Å². The lowest BCUT2D eigenvalue weighted by Gasteiger charge is -2.29. The molecule has 0 bridgehead atoms. The number of amides is 1. The van der Waals surface area contributed by atoms with Crippen LogP contribution < -0.4 is 16.0 Å². The van der Waals surface area contributed by atoms with Gasteiger partial charge in [-0.05, 0) is 46.5 Å². The quantitative estimate of drug-likeness (QED) is 0.414. The number of anilines is 3. The van der Waals surface area contributed by atoms with Crippen LogP contribution in [0.15, 0.2) is 18.3 Å². The third kappa shape index (κ3) is 5.66. The van der Waals surface area contributed by atoms with Crippen LogP contribution >= 0.6 is 0 Å². The molecule has 1 aromatic carbocycles. The zero-order valence-corrected chi connectivity index (χ0v) is 19.3. The summed E-state index contributed by atoms with van der Waals surface area (Å²) in [7, 11) is 0. The topological polar surface area (TPSA) is 96.8 Å². The van der Waals surface area contributed by atoms with Gasteiger partial charge in [-0.3, -0.25) is 9.36 Å². The van der Waals surface area contributed by atoms with Crippen LogP contribution in [0.25, 0.3) is 11.2 Å². The molecule has 2 aromatic heterocycles. The van der Waals surface area contributed by atoms with Crippen LogP contribution in [0.4, 0.5) is 30.8 Å². The van der Waals surface area contributed by atoms with Gasteiger partial charge in [0.1, 0.15) is 17.0 Å². The maximum Gasteiger partial charge on any atom is 0.224 e. The van der Waals surface area contributed by atoms with Crippen LogP contribution in [0.2, 0.25) is 0 Å². The summed E-state index contributed by atoms with van der Waals surface area (Å²) in [5, 5.41) is 8.72. The molecule has 4 rings (SSSR count). The second-order valence-electron chi connectivity index (χ2n) is 8.78. The van der Waals surface area contributed by atoms with E-state index < -0.39 is 23.1 Å². The molecule has 35 heavy (non-hydrogen) atoms. The maximum absolute atomic E-state index is 14.4. The first-order chi connectivity index (χ1) is 16.3. The van der Waals surface area contributed by atoms with Gasteiger partial charge in [-0.1, -0.05) is 7.43 Å². The molecular weight excluding hydrogens is 459 g/mol. The summed E-state index contributed by atoms with van der Waals surface area (Å²) in [4.78, 5) is 25.6. The zero-order chi connectivity index (χ0) is 24.4. The monoisotopic (exact) mass is 491 g/mol. The van der Waals surface area contributed by atoms with Gasteiger partial charge in [0.05, 0.1) is 6.20 Å². The lowest BCUT2D eigenvalue weighted by Crippen LogP contribution is -2.33. The predicted octanol–water partition coefficient (Wildman–Crippen LogP) is 5.31. The first kappa shape index (κ1) is 26.2. The second-order valence-corrected chi connectivity index (χ2v) is 8.78. The Hall–Kier alpha value is -3.37. The van der Waals surface area contributed by atoms with Crippen molar-refractivity contribution in [2.45, 2.75) is 66.0 Å². The van der Waals surface area contributed by atoms with Crippen molar-refractivity contribution < 1.29 is 18.0 Å². The van der Waals surface area contributed by atoms with Crippen molar-refractivity contribution in [3.8, 4) is 0 Å². The standard InChI is InChI=1S/C23H28F3N7O.CH4/c1-4-27-21(34)13-5-7-15(8-6-13)33-20-18(11-28-22(32-20)29-12(2)3)30-23(33)31-19-16(25)9-14(24)10-17(19)26;/h9-13,15H,4-8H2,1-3H3,(H,27,34)(H,30,31)(H,28,29,32);1H4. The summed E-state index contributed by atoms with van der Waals surface area (Å²) in [6.07, 6.45) is 4.20. The van der Waals surface area contributed by atoms with E-state index in [4.69, 9.17) is 0 Å². The number of hydrogen-bond donors (Lipinski definition) is 3. The van der Waals surface area contributed by atoms with Gasteiger partial charge in [-0.15, -0.1) is 0 Å². The third-order valence-electron chi connectivity index (χ3n) is 5.88. The molecule has 1 amide bonds. The molecule has 11 heteroatoms. The molecule has 0 spiro atoms. The van der Waals surface area contributed by atoms with Crippen molar-refractivity contribution in [2.24, 2.45) is 5.92 Å². The van der Waals surface area contributed by atoms with E-state index in [1.807, 2.05) is 20.8 Å². The molecule has 190 valence electrons. The Kier molecular flexibility index (Phi) is 8.18. The Labute approximate surface area is 202 Å². The summed E-state index contributed by atoms with van der Waals surface area (Å²) in [5.74, 6) is -2.60. The smallest absolute Gasteiger partial charge is 0.224 e. The van der Waals surface area contributed by atoms with E-state index in [1.165, 1.54) is 0 Å². The van der Waals surface area contributed by atoms with E-state index in [0.29, 0.717) is 61.5 Å². The summed E-state index contributed by atoms with van der Waals surface area (Å²) >= 11 is 0. The normalized spacial score (nSPS) is 17.8. The Morgan fingerprint density at radius 3 is 2.37 bits per heavy atom. The fourth-order valence-electron chi connectivity index (χ4n) is 4.34. The van der Waals surface area contributed by atoms with Crippen LogP contribution in [0.1, 0.15) is 59.9 Å². The Balaban J connectivity index is 0.00000342. The number of benzene rings is 1. The van der Waals surface area contributed by atoms with Crippen molar-refractivity contribution in [1.82, 2.24) is 24.8 Å². The second kappa shape index (κ2) is 10.9. The Morgan fingerprint density at radius 2 is 1.77 bits per heavy atom. The molecule has 0 aliphatic heterocycles. The van der Waals surface area contributed by atoms with Gasteiger partial charge in [0.15, 0.2) is 17.3 Å². The molecule has 1 fully saturated rings. The summed E-state index contributed by atoms with van der Waals surface area (Å²) in [5.41, 5.74) is 0.457. The van der Waals surface area contributed by atoms with Crippen molar-refractivity contribution in [3.05, 3.63) is 35.8 Å². The van der Waals surface area contributed by atoms with E-state index in [1.54, 1.807) is 10.8 Å². The highest BCUT2D eigenvalue weighted by Gasteiger charge is 2.30. The molecule has 1 saturated carbocycles. The van der Waals surface area contributed by atoms with Gasteiger partial charge in [-0.2, -0.15) is 4.98 Å². The molecule has 2 heterocycles. The molecule has 0 saturated heterocycles. The lowest BCUT2D eigenvalue weighted by molar-refractivity contribution is -0.126. The number of imidazole rings is 1. The van der Waals surface area contributed by atoms with Gasteiger partial charge in [0.2, 0.25) is 17.8 Å². The number of carbonyl (C=O) groups is 1. The van der Waals surface area contributed by atoms with E-state index >= 15 is 0 Å². The van der Waals surface area contributed by atoms with E-state index in [2.05, 4.69) is 30.9 Å². The molecular formula is C24H32F3N7O. The first-order valence-corrected chi connectivity index (χ1v) is 11.5. The van der Waals surface area contributed by atoms with Gasteiger partial charge in [-0.25, -0.2) is 23.1 Å². The highest BCUT2D eigenvalue weighted by atomic mass is 19.1. The van der Waals surface area contributed by atoms with Crippen molar-refractivity contribution in [3.63, 3.8) is 0 Å². The van der Waals surface area contributed by atoms with Crippen LogP contribution in [-0.2, 0) is 4.79 Å². The fourth-order valence-corrected chi connectivity index (χ4v) is 4.34. The van der Waals surface area contributed by atoms with Crippen molar-refractivity contribution >= 4 is 34.7 Å². The molecule has 0 atom stereocenters. The highest BCUT2D eigenvalue weighted by molar-refractivity contribution is 5.79. The zero-order valence-electron chi connectivity index (χ0n) is 19.3. The number of rotatable bonds is 7. The third-order valence-corrected chi connectivity index (χ3v) is 5.88. The minimum atomic E-state index is -1.07. The number of fused-ring (bicyclic) bond motifs is 1. The molecule has 0 radical (unpaired) electrons. The highest BCUT2D eigenvalue weighted by Crippen LogP contribution is 2.37. The molecule has 3 N–H and O–H groups in total. The number of hydrogen-bond acceptors (Lipinski definition) is 6. The van der Waals surface area contributed by atoms with Gasteiger partial charge in [0, 0.05) is 36.7 Å². The lowest BCUT2D eigenvalue weighted by atomic mass is 9.85. The average molecular weight is 492 g/mol. The molecule has 3 aromatic rings. The minimum Gasteiger partial charge on any atom is -0.356 e. The Morgan fingerprint density at radius 1 is 1.11 bits per heavy atom. The number of aromatic nitrogens is 4. The molecule has 1 aliphatic rings. The summed E-state index contributed by atoms with van der Waals surface area (Å²) in [6, 6.07) is 1.22. The largest absolute Gasteiger partial charge is 0.356 e. The SMILES string of the molecule is C.CCNC(=O)C1CCC(n2c(Nc3c(F)cc(F)cc3F)nc3cnc(NC(C)C)nc32)CC1. The Bertz CT molecular complexity index is 1170. The van der Waals surface area contributed by atoms with Gasteiger partial charge < -0.3 is 16.0 Å². The molecule has 0 unspecified atom stereocenters. The maximum atomic E-state index is 14.4. The van der Waals surface area contributed by atoms with E-state index in [-0.39, 0.29) is 37.3 Å². The number of carbonyl (C=O) groups excluding carboxylic acids is 1. The summed E-state index contributed by atoms with van der Waals surface area (Å²) < 4.78 is 44.0. The van der Waals surface area contributed by atoms with Crippen LogP contribution in [0.5, 0.6) is 0 Å². The van der Waals surface area contributed by atoms with Crippen LogP contribution in [-0.4, -0.2) is 38.0 Å². The number of halogens is 3. The van der Waals surface area contributed by atoms with E-state index in [0.717, 1.165) is 0 Å². The number of nitrogens with zero attached hydrogens (tertiary/aromatic N) is 4. The molecule has 1 aliphatic carbocycles. The molecule has 8 nitrogen and oxygen atoms in total. The van der Waals surface area contributed by atoms with E-state index in [9.17, 15) is 18.0 Å². The van der Waals surface area contributed by atoms with Crippen LogP contribution in [0.3, 0.4) is 0 Å². The minimum absolute atomic E-state index is 0. The fraction of sp³-hybridized carbons (Fsp3) is 0.500. The van der Waals surface area contributed by atoms with Crippen LogP contribution in [0, 0.1) is 23.4 Å². The summed E-state index contributed by atoms with van der Waals surface area (Å²) in [6.45, 7) is 6.38.